The third-order valence-electron chi connectivity index (χ3n) is 11.9. The summed E-state index contributed by atoms with van der Waals surface area (Å²) < 4.78 is 22.3. The van der Waals surface area contributed by atoms with Gasteiger partial charge < -0.3 is 49.3 Å². The highest BCUT2D eigenvalue weighted by molar-refractivity contribution is 5.87. The van der Waals surface area contributed by atoms with Crippen LogP contribution in [-0.2, 0) is 28.5 Å². The summed E-state index contributed by atoms with van der Waals surface area (Å²) in [6.45, 7) is 12.2. The molecule has 7 rings (SSSR count). The van der Waals surface area contributed by atoms with Crippen LogP contribution in [0.15, 0.2) is 60.9 Å². The summed E-state index contributed by atoms with van der Waals surface area (Å²) in [7, 11) is 2.56. The minimum absolute atomic E-state index is 0.114. The Kier molecular flexibility index (Phi) is 12.3. The summed E-state index contributed by atoms with van der Waals surface area (Å²) in [5, 5.41) is 5.40. The van der Waals surface area contributed by atoms with Crippen LogP contribution in [0.3, 0.4) is 0 Å². The van der Waals surface area contributed by atoms with Crippen LogP contribution in [0.25, 0.3) is 33.6 Å². The summed E-state index contributed by atoms with van der Waals surface area (Å²) in [5.41, 5.74) is 5.58. The molecule has 16 nitrogen and oxygen atoms in total. The standard InChI is InChI=1S/C44H56N8O8/c1-24(2)36(49-42(55)57-7)40(53)51-19-9-10-34(51)38-45-21-32(47-38)30-15-11-28(12-16-30)29-13-17-31(18-14-29)33-22-46-39(48-33)35-20-44(59-26(5)27(6)60-44)23-52(35)41(54)37(25(3)4)50-43(56)58-8/h11-18,21-22,24-27,34-37H,9-10,19-20,23H2,1-8H3,(H,45,47)(H,46,48)(H,49,55)(H,50,56)/t26-,27-,34?,35?,36+,37+/m1/s1. The second-order valence-electron chi connectivity index (χ2n) is 16.7. The first-order valence-corrected chi connectivity index (χ1v) is 20.7. The van der Waals surface area contributed by atoms with E-state index in [4.69, 9.17) is 23.9 Å². The number of H-pyrrole nitrogens is 2. The van der Waals surface area contributed by atoms with E-state index in [9.17, 15) is 19.2 Å². The zero-order valence-electron chi connectivity index (χ0n) is 35.5. The molecule has 0 aliphatic carbocycles. The molecule has 2 unspecified atom stereocenters. The number of nitrogens with one attached hydrogen (secondary N) is 4. The molecule has 16 heteroatoms. The molecule has 0 bridgehead atoms. The average molecular weight is 825 g/mol. The Morgan fingerprint density at radius 1 is 0.700 bits per heavy atom. The lowest BCUT2D eigenvalue weighted by Crippen LogP contribution is -2.52. The van der Waals surface area contributed by atoms with Crippen molar-refractivity contribution in [1.29, 1.82) is 0 Å². The molecule has 4 amide bonds. The molecule has 4 N–H and O–H groups in total. The molecule has 0 saturated carbocycles. The van der Waals surface area contributed by atoms with Crippen molar-refractivity contribution in [1.82, 2.24) is 40.4 Å². The van der Waals surface area contributed by atoms with E-state index in [1.54, 1.807) is 22.2 Å². The highest BCUT2D eigenvalue weighted by atomic mass is 16.8. The first-order chi connectivity index (χ1) is 28.7. The number of ether oxygens (including phenoxy) is 4. The van der Waals surface area contributed by atoms with Crippen molar-refractivity contribution in [2.75, 3.05) is 27.3 Å². The van der Waals surface area contributed by atoms with Crippen LogP contribution in [-0.4, -0.2) is 111 Å². The zero-order valence-corrected chi connectivity index (χ0v) is 35.5. The van der Waals surface area contributed by atoms with Crippen LogP contribution in [0.2, 0.25) is 0 Å². The van der Waals surface area contributed by atoms with E-state index in [-0.39, 0.29) is 48.4 Å². The Morgan fingerprint density at radius 3 is 1.58 bits per heavy atom. The number of nitrogens with zero attached hydrogens (tertiary/aromatic N) is 4. The third kappa shape index (κ3) is 8.61. The normalized spacial score (nSPS) is 22.0. The number of rotatable bonds is 11. The third-order valence-corrected chi connectivity index (χ3v) is 11.9. The van der Waals surface area contributed by atoms with E-state index in [1.807, 2.05) is 65.8 Å². The predicted octanol–water partition coefficient (Wildman–Crippen LogP) is 6.35. The number of aromatic nitrogens is 4. The highest BCUT2D eigenvalue weighted by Crippen LogP contribution is 2.45. The summed E-state index contributed by atoms with van der Waals surface area (Å²) in [5.74, 6) is -0.412. The molecule has 2 aromatic carbocycles. The van der Waals surface area contributed by atoms with Gasteiger partial charge in [-0.1, -0.05) is 76.2 Å². The SMILES string of the molecule is COC(=O)N[C@H](C(=O)N1CCCC1c1ncc(-c2ccc(-c3ccc(-c4cnc(C5CC6(CN5C(=O)[C@@H](NC(=O)OC)C(C)C)O[C@H](C)[C@@H](C)O6)[nH]4)cc3)cc2)[nH]1)C(C)C. The lowest BCUT2D eigenvalue weighted by Gasteiger charge is -2.30. The van der Waals surface area contributed by atoms with Crippen molar-refractivity contribution >= 4 is 24.0 Å². The topological polar surface area (TPSA) is 193 Å². The Labute approximate surface area is 350 Å². The monoisotopic (exact) mass is 824 g/mol. The van der Waals surface area contributed by atoms with Crippen LogP contribution < -0.4 is 10.6 Å². The van der Waals surface area contributed by atoms with E-state index in [0.29, 0.717) is 24.6 Å². The number of hydrogen-bond donors (Lipinski definition) is 4. The van der Waals surface area contributed by atoms with Gasteiger partial charge in [0.05, 0.1) is 68.8 Å². The van der Waals surface area contributed by atoms with E-state index < -0.39 is 36.1 Å². The number of aromatic amines is 2. The fourth-order valence-corrected chi connectivity index (χ4v) is 8.44. The van der Waals surface area contributed by atoms with Crippen molar-refractivity contribution in [3.05, 3.63) is 72.6 Å². The molecule has 5 heterocycles. The average Bonchev–Trinajstić information content (AvgIpc) is 4.09. The van der Waals surface area contributed by atoms with Gasteiger partial charge in [0.2, 0.25) is 11.8 Å². The van der Waals surface area contributed by atoms with Crippen LogP contribution in [0.4, 0.5) is 9.59 Å². The van der Waals surface area contributed by atoms with Crippen molar-refractivity contribution < 1.29 is 38.1 Å². The molecule has 320 valence electrons. The second kappa shape index (κ2) is 17.5. The maximum Gasteiger partial charge on any atom is 0.407 e. The van der Waals surface area contributed by atoms with E-state index in [1.165, 1.54) is 14.2 Å². The maximum absolute atomic E-state index is 14.1. The number of likely N-dealkylation sites (tertiary alicyclic amines) is 2. The highest BCUT2D eigenvalue weighted by Gasteiger charge is 2.55. The van der Waals surface area contributed by atoms with Crippen molar-refractivity contribution in [3.8, 4) is 33.6 Å². The number of imidazole rings is 2. The van der Waals surface area contributed by atoms with Gasteiger partial charge in [-0.15, -0.1) is 0 Å². The van der Waals surface area contributed by atoms with Gasteiger partial charge >= 0.3 is 12.2 Å². The summed E-state index contributed by atoms with van der Waals surface area (Å²) >= 11 is 0. The molecule has 3 fully saturated rings. The number of carbonyl (C=O) groups is 4. The largest absolute Gasteiger partial charge is 0.453 e. The van der Waals surface area contributed by atoms with Gasteiger partial charge in [-0.3, -0.25) is 9.59 Å². The zero-order chi connectivity index (χ0) is 42.9. The number of methoxy groups -OCH3 is 2. The van der Waals surface area contributed by atoms with Crippen LogP contribution in [0.1, 0.15) is 84.5 Å². The van der Waals surface area contributed by atoms with Crippen molar-refractivity contribution in [2.24, 2.45) is 11.8 Å². The fourth-order valence-electron chi connectivity index (χ4n) is 8.44. The Balaban J connectivity index is 1.04. The van der Waals surface area contributed by atoms with Gasteiger partial charge in [-0.25, -0.2) is 19.6 Å². The molecule has 6 atom stereocenters. The van der Waals surface area contributed by atoms with Gasteiger partial charge in [-0.2, -0.15) is 0 Å². The molecular weight excluding hydrogens is 769 g/mol. The maximum atomic E-state index is 14.1. The quantitative estimate of drug-likeness (QED) is 0.132. The van der Waals surface area contributed by atoms with E-state index in [0.717, 1.165) is 46.5 Å². The van der Waals surface area contributed by atoms with E-state index >= 15 is 0 Å². The number of carbonyl (C=O) groups excluding carboxylic acids is 4. The van der Waals surface area contributed by atoms with Crippen LogP contribution >= 0.6 is 0 Å². The smallest absolute Gasteiger partial charge is 0.407 e. The van der Waals surface area contributed by atoms with Crippen molar-refractivity contribution in [2.45, 2.75) is 103 Å². The number of alkyl carbamates (subject to hydrolysis) is 2. The minimum Gasteiger partial charge on any atom is -0.453 e. The van der Waals surface area contributed by atoms with Gasteiger partial charge in [0, 0.05) is 13.0 Å². The molecule has 60 heavy (non-hydrogen) atoms. The first kappa shape index (κ1) is 42.4. The molecule has 3 aliphatic rings. The van der Waals surface area contributed by atoms with Crippen LogP contribution in [0, 0.1) is 11.8 Å². The molecule has 0 radical (unpaired) electrons. The minimum atomic E-state index is -0.990. The van der Waals surface area contributed by atoms with Gasteiger partial charge in [0.25, 0.3) is 0 Å². The Hall–Kier alpha value is -5.74. The number of hydrogen-bond acceptors (Lipinski definition) is 10. The molecule has 2 aromatic heterocycles. The van der Waals surface area contributed by atoms with Gasteiger partial charge in [0.1, 0.15) is 23.7 Å². The molecule has 1 spiro atoms. The van der Waals surface area contributed by atoms with Crippen LogP contribution in [0.5, 0.6) is 0 Å². The number of benzene rings is 2. The summed E-state index contributed by atoms with van der Waals surface area (Å²) in [6.07, 6.45) is 3.95. The predicted molar refractivity (Wildman–Crippen MR) is 222 cm³/mol. The second-order valence-corrected chi connectivity index (χ2v) is 16.7. The molecule has 3 aliphatic heterocycles. The fraction of sp³-hybridized carbons (Fsp3) is 0.500. The van der Waals surface area contributed by atoms with Gasteiger partial charge in [0.15, 0.2) is 5.79 Å². The van der Waals surface area contributed by atoms with Gasteiger partial charge in [-0.05, 0) is 60.8 Å². The summed E-state index contributed by atoms with van der Waals surface area (Å²) in [6, 6.07) is 14.2. The Bertz CT molecular complexity index is 2160. The Morgan fingerprint density at radius 2 is 1.13 bits per heavy atom. The summed E-state index contributed by atoms with van der Waals surface area (Å²) in [4.78, 5) is 71.7. The first-order valence-electron chi connectivity index (χ1n) is 20.7. The van der Waals surface area contributed by atoms with E-state index in [2.05, 4.69) is 49.9 Å². The lowest BCUT2D eigenvalue weighted by molar-refractivity contribution is -0.166. The van der Waals surface area contributed by atoms with Crippen molar-refractivity contribution in [3.63, 3.8) is 0 Å². The number of amides is 4. The molecule has 4 aromatic rings. The molecule has 3 saturated heterocycles. The lowest BCUT2D eigenvalue weighted by atomic mass is 10.0. The molecular formula is C44H56N8O8.